The number of rotatable bonds is 4. The van der Waals surface area contributed by atoms with Crippen LogP contribution in [0.3, 0.4) is 0 Å². The van der Waals surface area contributed by atoms with Crippen LogP contribution in [0.5, 0.6) is 0 Å². The molecule has 3 nitrogen and oxygen atoms in total. The zero-order valence-corrected chi connectivity index (χ0v) is 10.1. The van der Waals surface area contributed by atoms with Crippen molar-refractivity contribution in [3.05, 3.63) is 23.2 Å². The zero-order valence-electron chi connectivity index (χ0n) is 9.37. The summed E-state index contributed by atoms with van der Waals surface area (Å²) in [6.45, 7) is 2.82. The third-order valence-corrected chi connectivity index (χ3v) is 3.11. The van der Waals surface area contributed by atoms with E-state index in [1.807, 2.05) is 19.1 Å². The van der Waals surface area contributed by atoms with Crippen LogP contribution in [0, 0.1) is 0 Å². The first-order valence-corrected chi connectivity index (χ1v) is 6.00. The van der Waals surface area contributed by atoms with Gasteiger partial charge in [-0.15, -0.1) is 0 Å². The van der Waals surface area contributed by atoms with Crippen LogP contribution in [0.1, 0.15) is 19.8 Å². The van der Waals surface area contributed by atoms with E-state index in [4.69, 9.17) is 22.1 Å². The maximum absolute atomic E-state index is 5.86. The highest BCUT2D eigenvalue weighted by Gasteiger charge is 2.29. The van der Waals surface area contributed by atoms with Crippen LogP contribution >= 0.6 is 11.6 Å². The van der Waals surface area contributed by atoms with Gasteiger partial charge in [0.2, 0.25) is 0 Å². The minimum Gasteiger partial charge on any atom is -0.397 e. The molecular weight excluding hydrogens is 224 g/mol. The first-order valence-electron chi connectivity index (χ1n) is 5.62. The molecule has 0 spiro atoms. The number of anilines is 2. The van der Waals surface area contributed by atoms with Crippen molar-refractivity contribution < 1.29 is 4.74 Å². The first kappa shape index (κ1) is 11.6. The summed E-state index contributed by atoms with van der Waals surface area (Å²) >= 11 is 5.84. The lowest BCUT2D eigenvalue weighted by Crippen LogP contribution is -2.40. The monoisotopic (exact) mass is 240 g/mol. The average Bonchev–Trinajstić information content (AvgIpc) is 2.18. The molecule has 0 radical (unpaired) electrons. The molecule has 0 amide bonds. The molecule has 0 atom stereocenters. The van der Waals surface area contributed by atoms with Gasteiger partial charge in [0.25, 0.3) is 0 Å². The third kappa shape index (κ3) is 2.60. The topological polar surface area (TPSA) is 47.3 Å². The van der Waals surface area contributed by atoms with Crippen molar-refractivity contribution >= 4 is 23.0 Å². The van der Waals surface area contributed by atoms with Gasteiger partial charge in [0.05, 0.1) is 17.5 Å². The summed E-state index contributed by atoms with van der Waals surface area (Å²) in [6, 6.07) is 6.01. The van der Waals surface area contributed by atoms with Crippen molar-refractivity contribution in [2.24, 2.45) is 0 Å². The largest absolute Gasteiger partial charge is 0.397 e. The predicted octanol–water partition coefficient (Wildman–Crippen LogP) is 2.90. The van der Waals surface area contributed by atoms with Crippen molar-refractivity contribution in [3.8, 4) is 0 Å². The molecule has 1 saturated carbocycles. The Morgan fingerprint density at radius 3 is 2.88 bits per heavy atom. The highest BCUT2D eigenvalue weighted by atomic mass is 35.5. The molecule has 4 heteroatoms. The van der Waals surface area contributed by atoms with Crippen molar-refractivity contribution in [2.75, 3.05) is 17.7 Å². The Balaban J connectivity index is 1.87. The first-order chi connectivity index (χ1) is 7.69. The Morgan fingerprint density at radius 2 is 2.25 bits per heavy atom. The SMILES string of the molecule is CCOC1CC(Nc2ccc(Cl)cc2N)C1. The molecule has 1 aromatic rings. The fourth-order valence-electron chi connectivity index (χ4n) is 1.94. The van der Waals surface area contributed by atoms with Crippen molar-refractivity contribution in [2.45, 2.75) is 31.9 Å². The number of hydrogen-bond donors (Lipinski definition) is 2. The van der Waals surface area contributed by atoms with E-state index < -0.39 is 0 Å². The van der Waals surface area contributed by atoms with Gasteiger partial charge >= 0.3 is 0 Å². The van der Waals surface area contributed by atoms with Gasteiger partial charge in [-0.2, -0.15) is 0 Å². The number of benzene rings is 1. The van der Waals surface area contributed by atoms with Crippen LogP contribution in [0.4, 0.5) is 11.4 Å². The van der Waals surface area contributed by atoms with Gasteiger partial charge in [-0.25, -0.2) is 0 Å². The van der Waals surface area contributed by atoms with Crippen LogP contribution in [0.2, 0.25) is 5.02 Å². The molecule has 2 rings (SSSR count). The van der Waals surface area contributed by atoms with Gasteiger partial charge in [0.1, 0.15) is 0 Å². The predicted molar refractivity (Wildman–Crippen MR) is 67.9 cm³/mol. The molecule has 0 saturated heterocycles. The number of halogens is 1. The fourth-order valence-corrected chi connectivity index (χ4v) is 2.12. The standard InChI is InChI=1S/C12H17ClN2O/c1-2-16-10-6-9(7-10)15-12-4-3-8(13)5-11(12)14/h3-5,9-10,15H,2,6-7,14H2,1H3. The molecule has 0 aromatic heterocycles. The van der Waals surface area contributed by atoms with Gasteiger partial charge in [-0.05, 0) is 38.0 Å². The number of nitrogen functional groups attached to an aromatic ring is 1. The molecule has 88 valence electrons. The lowest BCUT2D eigenvalue weighted by molar-refractivity contribution is 0.00300. The molecule has 1 fully saturated rings. The van der Waals surface area contributed by atoms with E-state index in [0.717, 1.165) is 25.1 Å². The van der Waals surface area contributed by atoms with Gasteiger partial charge < -0.3 is 15.8 Å². The zero-order chi connectivity index (χ0) is 11.5. The third-order valence-electron chi connectivity index (χ3n) is 2.87. The Hall–Kier alpha value is -0.930. The summed E-state index contributed by atoms with van der Waals surface area (Å²) in [4.78, 5) is 0. The van der Waals surface area contributed by atoms with Gasteiger partial charge in [-0.1, -0.05) is 11.6 Å². The molecule has 1 aliphatic rings. The molecule has 0 unspecified atom stereocenters. The summed E-state index contributed by atoms with van der Waals surface area (Å²) in [6.07, 6.45) is 2.52. The molecule has 16 heavy (non-hydrogen) atoms. The van der Waals surface area contributed by atoms with E-state index in [2.05, 4.69) is 5.32 Å². The van der Waals surface area contributed by atoms with E-state index in [0.29, 0.717) is 22.9 Å². The second-order valence-electron chi connectivity index (χ2n) is 4.12. The van der Waals surface area contributed by atoms with Crippen molar-refractivity contribution in [1.82, 2.24) is 0 Å². The highest BCUT2D eigenvalue weighted by molar-refractivity contribution is 6.31. The van der Waals surface area contributed by atoms with Gasteiger partial charge in [0.15, 0.2) is 0 Å². The minimum atomic E-state index is 0.413. The molecule has 0 bridgehead atoms. The lowest BCUT2D eigenvalue weighted by Gasteiger charge is -2.36. The second-order valence-corrected chi connectivity index (χ2v) is 4.56. The van der Waals surface area contributed by atoms with E-state index >= 15 is 0 Å². The number of hydrogen-bond acceptors (Lipinski definition) is 3. The molecule has 1 aliphatic carbocycles. The second kappa shape index (κ2) is 4.93. The Bertz CT molecular complexity index is 364. The maximum Gasteiger partial charge on any atom is 0.0614 e. The summed E-state index contributed by atoms with van der Waals surface area (Å²) in [5.41, 5.74) is 7.53. The quantitative estimate of drug-likeness (QED) is 0.796. The van der Waals surface area contributed by atoms with E-state index in [1.54, 1.807) is 6.07 Å². The van der Waals surface area contributed by atoms with Crippen LogP contribution < -0.4 is 11.1 Å². The Morgan fingerprint density at radius 1 is 1.50 bits per heavy atom. The Labute approximate surface area is 101 Å². The summed E-state index contributed by atoms with van der Waals surface area (Å²) in [7, 11) is 0. The molecule has 0 aliphatic heterocycles. The van der Waals surface area contributed by atoms with Crippen molar-refractivity contribution in [3.63, 3.8) is 0 Å². The summed E-state index contributed by atoms with van der Waals surface area (Å²) in [5.74, 6) is 0. The number of ether oxygens (including phenoxy) is 1. The highest BCUT2D eigenvalue weighted by Crippen LogP contribution is 2.30. The average molecular weight is 241 g/mol. The number of nitrogens with two attached hydrogens (primary N) is 1. The van der Waals surface area contributed by atoms with Crippen LogP contribution in [0.15, 0.2) is 18.2 Å². The van der Waals surface area contributed by atoms with Gasteiger partial charge in [0, 0.05) is 17.7 Å². The van der Waals surface area contributed by atoms with E-state index in [-0.39, 0.29) is 0 Å². The minimum absolute atomic E-state index is 0.413. The lowest BCUT2D eigenvalue weighted by atomic mass is 9.89. The maximum atomic E-state index is 5.86. The van der Waals surface area contributed by atoms with Crippen molar-refractivity contribution in [1.29, 1.82) is 0 Å². The Kier molecular flexibility index (Phi) is 3.56. The van der Waals surface area contributed by atoms with Crippen LogP contribution in [-0.4, -0.2) is 18.8 Å². The van der Waals surface area contributed by atoms with E-state index in [1.165, 1.54) is 0 Å². The van der Waals surface area contributed by atoms with Crippen LogP contribution in [-0.2, 0) is 4.74 Å². The fraction of sp³-hybridized carbons (Fsp3) is 0.500. The van der Waals surface area contributed by atoms with E-state index in [9.17, 15) is 0 Å². The molecule has 1 aromatic carbocycles. The molecule has 3 N–H and O–H groups in total. The number of nitrogens with one attached hydrogen (secondary N) is 1. The molecular formula is C12H17ClN2O. The smallest absolute Gasteiger partial charge is 0.0614 e. The summed E-state index contributed by atoms with van der Waals surface area (Å²) in [5, 5.41) is 4.07. The summed E-state index contributed by atoms with van der Waals surface area (Å²) < 4.78 is 5.50. The van der Waals surface area contributed by atoms with Gasteiger partial charge in [-0.3, -0.25) is 0 Å². The molecule has 0 heterocycles. The van der Waals surface area contributed by atoms with Crippen LogP contribution in [0.25, 0.3) is 0 Å². The normalized spacial score (nSPS) is 23.9.